The van der Waals surface area contributed by atoms with Crippen LogP contribution in [0.2, 0.25) is 0 Å². The van der Waals surface area contributed by atoms with E-state index in [1.165, 1.54) is 23.7 Å². The smallest absolute Gasteiger partial charge is 0.116 e. The van der Waals surface area contributed by atoms with Crippen LogP contribution >= 0.6 is 0 Å². The van der Waals surface area contributed by atoms with Crippen LogP contribution in [0.25, 0.3) is 0 Å². The van der Waals surface area contributed by atoms with Crippen LogP contribution < -0.4 is 5.32 Å². The molecule has 13 heavy (non-hydrogen) atoms. The molecule has 0 unspecified atom stereocenters. The van der Waals surface area contributed by atoms with Gasteiger partial charge in [-0.2, -0.15) is 0 Å². The lowest BCUT2D eigenvalue weighted by Crippen LogP contribution is -1.90. The first-order chi connectivity index (χ1) is 6.15. The lowest BCUT2D eigenvalue weighted by atomic mass is 10.1. The maximum atomic E-state index is 8.81. The molecule has 0 fully saturated rings. The van der Waals surface area contributed by atoms with Crippen molar-refractivity contribution in [1.82, 2.24) is 0 Å². The lowest BCUT2D eigenvalue weighted by molar-refractivity contribution is -0.106. The summed E-state index contributed by atoms with van der Waals surface area (Å²) in [5.74, 6) is 0. The second kappa shape index (κ2) is 6.23. The maximum absolute atomic E-state index is 8.81. The number of rotatable bonds is 1. The summed E-state index contributed by atoms with van der Waals surface area (Å²) >= 11 is 0. The third kappa shape index (κ3) is 4.31. The highest BCUT2D eigenvalue weighted by Gasteiger charge is 1.92. The van der Waals surface area contributed by atoms with Gasteiger partial charge >= 0.3 is 0 Å². The SMILES string of the molecule is CC=O.CNc1ccc(C)cc1C. The maximum Gasteiger partial charge on any atom is 0.116 e. The van der Waals surface area contributed by atoms with Gasteiger partial charge in [-0.15, -0.1) is 0 Å². The fourth-order valence-electron chi connectivity index (χ4n) is 1.09. The van der Waals surface area contributed by atoms with Crippen LogP contribution in [-0.4, -0.2) is 13.3 Å². The number of carbonyl (C=O) groups is 1. The Labute approximate surface area is 80.0 Å². The first-order valence-electron chi connectivity index (χ1n) is 4.30. The van der Waals surface area contributed by atoms with Crippen LogP contribution in [0.15, 0.2) is 18.2 Å². The normalized spacial score (nSPS) is 8.31. The summed E-state index contributed by atoms with van der Waals surface area (Å²) in [7, 11) is 1.94. The van der Waals surface area contributed by atoms with Gasteiger partial charge < -0.3 is 10.1 Å². The van der Waals surface area contributed by atoms with Crippen LogP contribution in [0, 0.1) is 13.8 Å². The Morgan fingerprint density at radius 1 is 1.31 bits per heavy atom. The molecule has 0 aromatic heterocycles. The van der Waals surface area contributed by atoms with E-state index >= 15 is 0 Å². The summed E-state index contributed by atoms with van der Waals surface area (Å²) in [4.78, 5) is 8.81. The van der Waals surface area contributed by atoms with Crippen LogP contribution in [-0.2, 0) is 4.79 Å². The molecule has 0 bridgehead atoms. The average Bonchev–Trinajstić information content (AvgIpc) is 2.06. The molecule has 1 aromatic rings. The molecular formula is C11H17NO. The van der Waals surface area contributed by atoms with Crippen molar-refractivity contribution in [3.63, 3.8) is 0 Å². The second-order valence-electron chi connectivity index (χ2n) is 2.80. The fraction of sp³-hybridized carbons (Fsp3) is 0.364. The molecule has 2 nitrogen and oxygen atoms in total. The summed E-state index contributed by atoms with van der Waals surface area (Å²) < 4.78 is 0. The summed E-state index contributed by atoms with van der Waals surface area (Å²) in [6.07, 6.45) is 0.750. The van der Waals surface area contributed by atoms with Gasteiger partial charge in [0.1, 0.15) is 6.29 Å². The van der Waals surface area contributed by atoms with Gasteiger partial charge in [0, 0.05) is 12.7 Å². The number of hydrogen-bond acceptors (Lipinski definition) is 2. The number of aryl methyl sites for hydroxylation is 2. The zero-order valence-corrected chi connectivity index (χ0v) is 8.72. The van der Waals surface area contributed by atoms with E-state index < -0.39 is 0 Å². The van der Waals surface area contributed by atoms with Crippen molar-refractivity contribution in [2.45, 2.75) is 20.8 Å². The van der Waals surface area contributed by atoms with E-state index in [1.807, 2.05) is 7.05 Å². The van der Waals surface area contributed by atoms with Gasteiger partial charge in [0.15, 0.2) is 0 Å². The molecule has 0 saturated carbocycles. The minimum absolute atomic E-state index is 0.750. The van der Waals surface area contributed by atoms with Crippen LogP contribution in [0.4, 0.5) is 5.69 Å². The van der Waals surface area contributed by atoms with Crippen LogP contribution in [0.5, 0.6) is 0 Å². The summed E-state index contributed by atoms with van der Waals surface area (Å²) in [6, 6.07) is 6.38. The van der Waals surface area contributed by atoms with Crippen molar-refractivity contribution in [3.05, 3.63) is 29.3 Å². The first kappa shape index (κ1) is 11.7. The number of anilines is 1. The Bertz CT molecular complexity index is 269. The zero-order chi connectivity index (χ0) is 10.3. The molecule has 0 amide bonds. The van der Waals surface area contributed by atoms with Gasteiger partial charge in [-0.25, -0.2) is 0 Å². The van der Waals surface area contributed by atoms with Gasteiger partial charge in [-0.3, -0.25) is 0 Å². The Morgan fingerprint density at radius 3 is 2.23 bits per heavy atom. The molecule has 1 N–H and O–H groups in total. The molecular weight excluding hydrogens is 162 g/mol. The van der Waals surface area contributed by atoms with E-state index in [9.17, 15) is 0 Å². The second-order valence-corrected chi connectivity index (χ2v) is 2.80. The van der Waals surface area contributed by atoms with Crippen LogP contribution in [0.1, 0.15) is 18.1 Å². The Morgan fingerprint density at radius 2 is 1.85 bits per heavy atom. The van der Waals surface area contributed by atoms with Crippen molar-refractivity contribution < 1.29 is 4.79 Å². The van der Waals surface area contributed by atoms with Gasteiger partial charge in [0.05, 0.1) is 0 Å². The zero-order valence-electron chi connectivity index (χ0n) is 8.72. The van der Waals surface area contributed by atoms with Gasteiger partial charge in [-0.1, -0.05) is 17.7 Å². The van der Waals surface area contributed by atoms with E-state index in [0.717, 1.165) is 6.29 Å². The molecule has 0 aliphatic rings. The summed E-state index contributed by atoms with van der Waals surface area (Å²) in [5, 5.41) is 3.12. The molecule has 2 heteroatoms. The monoisotopic (exact) mass is 179 g/mol. The molecule has 72 valence electrons. The molecule has 0 aliphatic heterocycles. The van der Waals surface area contributed by atoms with Crippen molar-refractivity contribution in [2.75, 3.05) is 12.4 Å². The predicted octanol–water partition coefficient (Wildman–Crippen LogP) is 2.55. The predicted molar refractivity (Wildman–Crippen MR) is 57.2 cm³/mol. The van der Waals surface area contributed by atoms with E-state index in [0.29, 0.717) is 0 Å². The van der Waals surface area contributed by atoms with E-state index in [4.69, 9.17) is 4.79 Å². The van der Waals surface area contributed by atoms with Crippen molar-refractivity contribution in [2.24, 2.45) is 0 Å². The van der Waals surface area contributed by atoms with Crippen molar-refractivity contribution in [1.29, 1.82) is 0 Å². The number of hydrogen-bond donors (Lipinski definition) is 1. The summed E-state index contributed by atoms with van der Waals surface area (Å²) in [5.41, 5.74) is 3.84. The number of benzene rings is 1. The lowest BCUT2D eigenvalue weighted by Gasteiger charge is -2.04. The quantitative estimate of drug-likeness (QED) is 0.671. The number of aldehydes is 1. The number of nitrogens with one attached hydrogen (secondary N) is 1. The third-order valence-electron chi connectivity index (χ3n) is 1.65. The minimum atomic E-state index is 0.750. The highest BCUT2D eigenvalue weighted by molar-refractivity contribution is 5.51. The van der Waals surface area contributed by atoms with Crippen LogP contribution in [0.3, 0.4) is 0 Å². The van der Waals surface area contributed by atoms with Gasteiger partial charge in [0.2, 0.25) is 0 Å². The van der Waals surface area contributed by atoms with E-state index in [1.54, 1.807) is 0 Å². The molecule has 0 spiro atoms. The number of carbonyl (C=O) groups excluding carboxylic acids is 1. The fourth-order valence-corrected chi connectivity index (χ4v) is 1.09. The van der Waals surface area contributed by atoms with Gasteiger partial charge in [-0.05, 0) is 32.4 Å². The largest absolute Gasteiger partial charge is 0.388 e. The topological polar surface area (TPSA) is 29.1 Å². The Hall–Kier alpha value is -1.31. The Kier molecular flexibility index (Phi) is 5.60. The highest BCUT2D eigenvalue weighted by atomic mass is 16.1. The molecule has 0 aliphatic carbocycles. The molecule has 1 rings (SSSR count). The minimum Gasteiger partial charge on any atom is -0.388 e. The summed E-state index contributed by atoms with van der Waals surface area (Å²) in [6.45, 7) is 5.66. The van der Waals surface area contributed by atoms with Gasteiger partial charge in [0.25, 0.3) is 0 Å². The third-order valence-corrected chi connectivity index (χ3v) is 1.65. The molecule has 0 saturated heterocycles. The highest BCUT2D eigenvalue weighted by Crippen LogP contribution is 2.14. The van der Waals surface area contributed by atoms with E-state index in [2.05, 4.69) is 37.4 Å². The first-order valence-corrected chi connectivity index (χ1v) is 4.30. The Balaban J connectivity index is 0.000000424. The molecule has 0 radical (unpaired) electrons. The van der Waals surface area contributed by atoms with E-state index in [-0.39, 0.29) is 0 Å². The van der Waals surface area contributed by atoms with Crippen molar-refractivity contribution >= 4 is 12.0 Å². The van der Waals surface area contributed by atoms with Crippen molar-refractivity contribution in [3.8, 4) is 0 Å². The standard InChI is InChI=1S/C9H13N.C2H4O/c1-7-4-5-9(10-3)8(2)6-7;1-2-3/h4-6,10H,1-3H3;2H,1H3. The average molecular weight is 179 g/mol. The molecule has 0 atom stereocenters. The molecule has 0 heterocycles. The molecule has 1 aromatic carbocycles.